The maximum atomic E-state index is 13.1. The van der Waals surface area contributed by atoms with Crippen molar-refractivity contribution in [3.05, 3.63) is 36.0 Å². The molecule has 1 aromatic carbocycles. The number of rotatable bonds is 2. The lowest BCUT2D eigenvalue weighted by molar-refractivity contribution is 0.586. The van der Waals surface area contributed by atoms with E-state index in [-0.39, 0.29) is 5.82 Å². The number of nitrogens with zero attached hydrogens (tertiary/aromatic N) is 2. The summed E-state index contributed by atoms with van der Waals surface area (Å²) in [5.74, 6) is 0.545. The summed E-state index contributed by atoms with van der Waals surface area (Å²) in [5, 5.41) is 4.29. The predicted octanol–water partition coefficient (Wildman–Crippen LogP) is 2.06. The summed E-state index contributed by atoms with van der Waals surface area (Å²) >= 11 is 0. The number of hydrogen-bond acceptors (Lipinski definition) is 3. The number of aromatic nitrogens is 2. The average molecular weight is 231 g/mol. The highest BCUT2D eigenvalue weighted by atomic mass is 19.1. The van der Waals surface area contributed by atoms with E-state index in [2.05, 4.69) is 15.3 Å². The van der Waals surface area contributed by atoms with Gasteiger partial charge in [0.15, 0.2) is 0 Å². The van der Waals surface area contributed by atoms with E-state index < -0.39 is 0 Å². The fraction of sp³-hybridized carbons (Fsp3) is 0.385. The molecule has 0 saturated carbocycles. The van der Waals surface area contributed by atoms with E-state index in [1.807, 2.05) is 0 Å². The van der Waals surface area contributed by atoms with Crippen LogP contribution in [0.5, 0.6) is 0 Å². The minimum atomic E-state index is -0.249. The predicted molar refractivity (Wildman–Crippen MR) is 64.2 cm³/mol. The third kappa shape index (κ3) is 2.26. The summed E-state index contributed by atoms with van der Waals surface area (Å²) in [7, 11) is 0. The molecule has 1 atom stereocenters. The standard InChI is InChI=1S/C13H14FN3/c14-10-4-3-9-8-16-13(17-12(9)6-10)7-11-2-1-5-15-11/h3-4,6,8,11,15H,1-2,5,7H2. The van der Waals surface area contributed by atoms with Crippen molar-refractivity contribution in [2.75, 3.05) is 6.54 Å². The molecule has 1 N–H and O–H groups in total. The van der Waals surface area contributed by atoms with Crippen LogP contribution in [-0.2, 0) is 6.42 Å². The molecule has 1 aromatic heterocycles. The van der Waals surface area contributed by atoms with Gasteiger partial charge in [-0.1, -0.05) is 0 Å². The Morgan fingerprint density at radius 3 is 3.18 bits per heavy atom. The molecular weight excluding hydrogens is 217 g/mol. The van der Waals surface area contributed by atoms with Crippen molar-refractivity contribution < 1.29 is 4.39 Å². The Balaban J connectivity index is 1.89. The zero-order chi connectivity index (χ0) is 11.7. The summed E-state index contributed by atoms with van der Waals surface area (Å²) in [5.41, 5.74) is 0.688. The fourth-order valence-electron chi connectivity index (χ4n) is 2.28. The summed E-state index contributed by atoms with van der Waals surface area (Å²) in [6.45, 7) is 1.08. The van der Waals surface area contributed by atoms with Crippen LogP contribution in [0.4, 0.5) is 4.39 Å². The zero-order valence-electron chi connectivity index (χ0n) is 9.49. The van der Waals surface area contributed by atoms with Crippen molar-refractivity contribution in [1.29, 1.82) is 0 Å². The van der Waals surface area contributed by atoms with Crippen molar-refractivity contribution in [2.45, 2.75) is 25.3 Å². The number of nitrogens with one attached hydrogen (secondary N) is 1. The molecule has 88 valence electrons. The molecule has 0 spiro atoms. The van der Waals surface area contributed by atoms with Gasteiger partial charge in [0.2, 0.25) is 0 Å². The highest BCUT2D eigenvalue weighted by Crippen LogP contribution is 2.14. The van der Waals surface area contributed by atoms with Gasteiger partial charge in [-0.25, -0.2) is 14.4 Å². The Labute approximate surface area is 99.1 Å². The van der Waals surface area contributed by atoms with Gasteiger partial charge in [0.05, 0.1) is 5.52 Å². The Hall–Kier alpha value is -1.55. The Morgan fingerprint density at radius 1 is 1.41 bits per heavy atom. The van der Waals surface area contributed by atoms with Crippen molar-refractivity contribution >= 4 is 10.9 Å². The van der Waals surface area contributed by atoms with Gasteiger partial charge in [0, 0.05) is 30.1 Å². The Kier molecular flexibility index (Phi) is 2.73. The van der Waals surface area contributed by atoms with E-state index in [1.54, 1.807) is 12.3 Å². The van der Waals surface area contributed by atoms with Crippen molar-refractivity contribution in [2.24, 2.45) is 0 Å². The normalized spacial score (nSPS) is 19.9. The van der Waals surface area contributed by atoms with Gasteiger partial charge in [-0.15, -0.1) is 0 Å². The minimum absolute atomic E-state index is 0.249. The van der Waals surface area contributed by atoms with Crippen LogP contribution >= 0.6 is 0 Å². The molecule has 17 heavy (non-hydrogen) atoms. The maximum Gasteiger partial charge on any atom is 0.130 e. The lowest BCUT2D eigenvalue weighted by Crippen LogP contribution is -2.24. The first-order chi connectivity index (χ1) is 8.31. The largest absolute Gasteiger partial charge is 0.314 e. The molecule has 0 radical (unpaired) electrons. The second-order valence-corrected chi connectivity index (χ2v) is 4.49. The third-order valence-corrected chi connectivity index (χ3v) is 3.19. The van der Waals surface area contributed by atoms with Gasteiger partial charge in [0.1, 0.15) is 11.6 Å². The van der Waals surface area contributed by atoms with Crippen LogP contribution in [0, 0.1) is 5.82 Å². The second-order valence-electron chi connectivity index (χ2n) is 4.49. The van der Waals surface area contributed by atoms with Gasteiger partial charge in [0.25, 0.3) is 0 Å². The number of halogens is 1. The molecule has 0 bridgehead atoms. The Morgan fingerprint density at radius 2 is 2.35 bits per heavy atom. The number of hydrogen-bond donors (Lipinski definition) is 1. The molecule has 1 aliphatic heterocycles. The monoisotopic (exact) mass is 231 g/mol. The molecule has 0 aliphatic carbocycles. The molecule has 1 unspecified atom stereocenters. The van der Waals surface area contributed by atoms with Gasteiger partial charge in [-0.3, -0.25) is 0 Å². The summed E-state index contributed by atoms with van der Waals surface area (Å²) < 4.78 is 13.1. The molecule has 0 amide bonds. The van der Waals surface area contributed by atoms with Crippen LogP contribution in [-0.4, -0.2) is 22.6 Å². The maximum absolute atomic E-state index is 13.1. The smallest absolute Gasteiger partial charge is 0.130 e. The SMILES string of the molecule is Fc1ccc2cnc(CC3CCCN3)nc2c1. The second kappa shape index (κ2) is 4.37. The van der Waals surface area contributed by atoms with Crippen LogP contribution in [0.25, 0.3) is 10.9 Å². The van der Waals surface area contributed by atoms with E-state index in [0.717, 1.165) is 24.2 Å². The van der Waals surface area contributed by atoms with Crippen molar-refractivity contribution in [3.8, 4) is 0 Å². The van der Waals surface area contributed by atoms with E-state index in [0.29, 0.717) is 11.6 Å². The summed E-state index contributed by atoms with van der Waals surface area (Å²) in [4.78, 5) is 8.73. The first kappa shape index (κ1) is 10.6. The molecule has 3 nitrogen and oxygen atoms in total. The molecule has 3 rings (SSSR count). The highest BCUT2D eigenvalue weighted by Gasteiger charge is 2.15. The van der Waals surface area contributed by atoms with E-state index >= 15 is 0 Å². The molecule has 1 fully saturated rings. The first-order valence-electron chi connectivity index (χ1n) is 5.96. The average Bonchev–Trinajstić information content (AvgIpc) is 2.81. The van der Waals surface area contributed by atoms with E-state index in [4.69, 9.17) is 0 Å². The molecule has 1 saturated heterocycles. The fourth-order valence-corrected chi connectivity index (χ4v) is 2.28. The van der Waals surface area contributed by atoms with E-state index in [1.165, 1.54) is 25.0 Å². The molecular formula is C13H14FN3. The minimum Gasteiger partial charge on any atom is -0.314 e. The lowest BCUT2D eigenvalue weighted by Gasteiger charge is -2.08. The highest BCUT2D eigenvalue weighted by molar-refractivity contribution is 5.77. The van der Waals surface area contributed by atoms with Gasteiger partial charge >= 0.3 is 0 Å². The van der Waals surface area contributed by atoms with Gasteiger partial charge in [-0.2, -0.15) is 0 Å². The third-order valence-electron chi connectivity index (χ3n) is 3.19. The summed E-state index contributed by atoms with van der Waals surface area (Å²) in [6.07, 6.45) is 4.98. The van der Waals surface area contributed by atoms with E-state index in [9.17, 15) is 4.39 Å². The topological polar surface area (TPSA) is 37.8 Å². The van der Waals surface area contributed by atoms with Crippen molar-refractivity contribution in [1.82, 2.24) is 15.3 Å². The lowest BCUT2D eigenvalue weighted by atomic mass is 10.1. The van der Waals surface area contributed by atoms with Gasteiger partial charge in [-0.05, 0) is 31.5 Å². The molecule has 2 aromatic rings. The number of fused-ring (bicyclic) bond motifs is 1. The zero-order valence-corrected chi connectivity index (χ0v) is 9.49. The molecule has 4 heteroatoms. The first-order valence-corrected chi connectivity index (χ1v) is 5.96. The Bertz CT molecular complexity index is 535. The molecule has 1 aliphatic rings. The van der Waals surface area contributed by atoms with Crippen molar-refractivity contribution in [3.63, 3.8) is 0 Å². The van der Waals surface area contributed by atoms with Crippen LogP contribution in [0.1, 0.15) is 18.7 Å². The molecule has 2 heterocycles. The summed E-state index contributed by atoms with van der Waals surface area (Å²) in [6, 6.07) is 5.08. The van der Waals surface area contributed by atoms with Gasteiger partial charge < -0.3 is 5.32 Å². The number of benzene rings is 1. The van der Waals surface area contributed by atoms with Crippen LogP contribution < -0.4 is 5.32 Å². The van der Waals surface area contributed by atoms with Crippen LogP contribution in [0.15, 0.2) is 24.4 Å². The van der Waals surface area contributed by atoms with Crippen LogP contribution in [0.3, 0.4) is 0 Å². The van der Waals surface area contributed by atoms with Crippen LogP contribution in [0.2, 0.25) is 0 Å². The quantitative estimate of drug-likeness (QED) is 0.859.